The third kappa shape index (κ3) is 3.28. The van der Waals surface area contributed by atoms with Crippen LogP contribution < -0.4 is 5.32 Å². The molecule has 1 nitrogen and oxygen atoms in total. The quantitative estimate of drug-likeness (QED) is 0.745. The number of rotatable bonds is 4. The van der Waals surface area contributed by atoms with E-state index in [1.165, 1.54) is 24.0 Å². The standard InChI is InChI=1S/C17H17Cl2N/c1-11-2-4-12(5-3-11)17(13-6-7-13)20-16-9-14(18)8-15(19)10-16/h2-5,8-10,13,17,20H,6-7H2,1H3. The molecule has 0 amide bonds. The zero-order valence-electron chi connectivity index (χ0n) is 11.4. The molecule has 0 spiro atoms. The molecule has 104 valence electrons. The molecule has 1 saturated carbocycles. The molecule has 0 heterocycles. The van der Waals surface area contributed by atoms with Crippen molar-refractivity contribution in [3.05, 3.63) is 63.6 Å². The van der Waals surface area contributed by atoms with E-state index in [4.69, 9.17) is 23.2 Å². The molecule has 0 bridgehead atoms. The minimum atomic E-state index is 0.338. The van der Waals surface area contributed by atoms with Gasteiger partial charge in [-0.3, -0.25) is 0 Å². The molecule has 1 fully saturated rings. The molecule has 2 aromatic carbocycles. The smallest absolute Gasteiger partial charge is 0.0542 e. The van der Waals surface area contributed by atoms with E-state index in [0.29, 0.717) is 22.0 Å². The highest BCUT2D eigenvalue weighted by Crippen LogP contribution is 2.43. The Morgan fingerprint density at radius 2 is 1.60 bits per heavy atom. The van der Waals surface area contributed by atoms with Crippen LogP contribution in [0.5, 0.6) is 0 Å². The van der Waals surface area contributed by atoms with E-state index in [2.05, 4.69) is 36.5 Å². The summed E-state index contributed by atoms with van der Waals surface area (Å²) >= 11 is 12.1. The molecule has 20 heavy (non-hydrogen) atoms. The molecule has 1 aliphatic rings. The molecule has 0 radical (unpaired) electrons. The second-order valence-corrected chi connectivity index (χ2v) is 6.40. The summed E-state index contributed by atoms with van der Waals surface area (Å²) in [6.45, 7) is 2.11. The largest absolute Gasteiger partial charge is 0.378 e. The Morgan fingerprint density at radius 3 is 2.15 bits per heavy atom. The van der Waals surface area contributed by atoms with Crippen LogP contribution in [0.3, 0.4) is 0 Å². The fourth-order valence-electron chi connectivity index (χ4n) is 2.49. The monoisotopic (exact) mass is 305 g/mol. The van der Waals surface area contributed by atoms with Crippen molar-refractivity contribution < 1.29 is 0 Å². The van der Waals surface area contributed by atoms with Crippen LogP contribution in [-0.2, 0) is 0 Å². The van der Waals surface area contributed by atoms with Gasteiger partial charge in [0.2, 0.25) is 0 Å². The molecule has 0 aliphatic heterocycles. The third-order valence-corrected chi connectivity index (χ3v) is 4.15. The highest BCUT2D eigenvalue weighted by molar-refractivity contribution is 6.35. The normalized spacial score (nSPS) is 15.9. The summed E-state index contributed by atoms with van der Waals surface area (Å²) in [5, 5.41) is 4.92. The van der Waals surface area contributed by atoms with Crippen LogP contribution in [0, 0.1) is 12.8 Å². The minimum absolute atomic E-state index is 0.338. The van der Waals surface area contributed by atoms with Crippen LogP contribution >= 0.6 is 23.2 Å². The molecule has 1 atom stereocenters. The van der Waals surface area contributed by atoms with Gasteiger partial charge in [0, 0.05) is 15.7 Å². The first-order valence-corrected chi connectivity index (χ1v) is 7.66. The van der Waals surface area contributed by atoms with E-state index in [-0.39, 0.29) is 0 Å². The number of benzene rings is 2. The molecule has 3 rings (SSSR count). The maximum Gasteiger partial charge on any atom is 0.0542 e. The first kappa shape index (κ1) is 13.8. The van der Waals surface area contributed by atoms with Gasteiger partial charge < -0.3 is 5.32 Å². The van der Waals surface area contributed by atoms with Crippen LogP contribution in [0.4, 0.5) is 5.69 Å². The fourth-order valence-corrected chi connectivity index (χ4v) is 3.02. The lowest BCUT2D eigenvalue weighted by Crippen LogP contribution is -2.12. The summed E-state index contributed by atoms with van der Waals surface area (Å²) in [5.74, 6) is 0.704. The SMILES string of the molecule is Cc1ccc(C(Nc2cc(Cl)cc(Cl)c2)C2CC2)cc1. The lowest BCUT2D eigenvalue weighted by molar-refractivity contribution is 0.679. The fraction of sp³-hybridized carbons (Fsp3) is 0.294. The minimum Gasteiger partial charge on any atom is -0.378 e. The first-order chi connectivity index (χ1) is 9.61. The Labute approximate surface area is 129 Å². The van der Waals surface area contributed by atoms with Crippen molar-refractivity contribution in [3.8, 4) is 0 Å². The zero-order chi connectivity index (χ0) is 14.1. The van der Waals surface area contributed by atoms with Crippen LogP contribution in [0.2, 0.25) is 10.0 Å². The number of aryl methyl sites for hydroxylation is 1. The van der Waals surface area contributed by atoms with Gasteiger partial charge >= 0.3 is 0 Å². The lowest BCUT2D eigenvalue weighted by Gasteiger charge is -2.20. The number of halogens is 2. The molecular weight excluding hydrogens is 289 g/mol. The summed E-state index contributed by atoms with van der Waals surface area (Å²) in [4.78, 5) is 0. The van der Waals surface area contributed by atoms with Crippen molar-refractivity contribution in [2.75, 3.05) is 5.32 Å². The molecule has 1 aliphatic carbocycles. The van der Waals surface area contributed by atoms with E-state index >= 15 is 0 Å². The summed E-state index contributed by atoms with van der Waals surface area (Å²) in [7, 11) is 0. The Bertz CT molecular complexity index is 583. The number of hydrogen-bond acceptors (Lipinski definition) is 1. The van der Waals surface area contributed by atoms with Crippen molar-refractivity contribution in [1.29, 1.82) is 0 Å². The zero-order valence-corrected chi connectivity index (χ0v) is 12.9. The highest BCUT2D eigenvalue weighted by atomic mass is 35.5. The number of anilines is 1. The van der Waals surface area contributed by atoms with Gasteiger partial charge in [0.25, 0.3) is 0 Å². The highest BCUT2D eigenvalue weighted by Gasteiger charge is 2.32. The van der Waals surface area contributed by atoms with Crippen LogP contribution in [-0.4, -0.2) is 0 Å². The molecule has 3 heteroatoms. The predicted octanol–water partition coefficient (Wildman–Crippen LogP) is 5.87. The van der Waals surface area contributed by atoms with Gasteiger partial charge in [-0.15, -0.1) is 0 Å². The van der Waals surface area contributed by atoms with E-state index in [1.807, 2.05) is 12.1 Å². The van der Waals surface area contributed by atoms with Crippen LogP contribution in [0.15, 0.2) is 42.5 Å². The van der Waals surface area contributed by atoms with Gasteiger partial charge in [0.05, 0.1) is 6.04 Å². The van der Waals surface area contributed by atoms with Crippen molar-refractivity contribution in [3.63, 3.8) is 0 Å². The molecule has 2 aromatic rings. The average molecular weight is 306 g/mol. The Balaban J connectivity index is 1.86. The van der Waals surface area contributed by atoms with E-state index in [0.717, 1.165) is 5.69 Å². The Hall–Kier alpha value is -1.18. The summed E-state index contributed by atoms with van der Waals surface area (Å²) in [6.07, 6.45) is 2.56. The second kappa shape index (κ2) is 5.67. The van der Waals surface area contributed by atoms with Gasteiger partial charge in [-0.2, -0.15) is 0 Å². The number of hydrogen-bond donors (Lipinski definition) is 1. The van der Waals surface area contributed by atoms with Crippen molar-refractivity contribution in [1.82, 2.24) is 0 Å². The van der Waals surface area contributed by atoms with E-state index in [9.17, 15) is 0 Å². The lowest BCUT2D eigenvalue weighted by atomic mass is 10.0. The van der Waals surface area contributed by atoms with Gasteiger partial charge in [0.1, 0.15) is 0 Å². The van der Waals surface area contributed by atoms with E-state index in [1.54, 1.807) is 6.07 Å². The predicted molar refractivity (Wildman–Crippen MR) is 86.7 cm³/mol. The number of nitrogens with one attached hydrogen (secondary N) is 1. The van der Waals surface area contributed by atoms with Crippen molar-refractivity contribution >= 4 is 28.9 Å². The maximum absolute atomic E-state index is 6.07. The van der Waals surface area contributed by atoms with E-state index < -0.39 is 0 Å². The second-order valence-electron chi connectivity index (χ2n) is 5.53. The molecule has 0 aromatic heterocycles. The Kier molecular flexibility index (Phi) is 3.91. The molecular formula is C17H17Cl2N. The summed E-state index contributed by atoms with van der Waals surface area (Å²) < 4.78 is 0. The molecule has 0 saturated heterocycles. The topological polar surface area (TPSA) is 12.0 Å². The maximum atomic E-state index is 6.07. The first-order valence-electron chi connectivity index (χ1n) is 6.91. The van der Waals surface area contributed by atoms with Crippen LogP contribution in [0.25, 0.3) is 0 Å². The van der Waals surface area contributed by atoms with Gasteiger partial charge in [0.15, 0.2) is 0 Å². The van der Waals surface area contributed by atoms with Gasteiger partial charge in [-0.1, -0.05) is 53.0 Å². The molecule has 1 unspecified atom stereocenters. The average Bonchev–Trinajstić information content (AvgIpc) is 3.20. The third-order valence-electron chi connectivity index (χ3n) is 3.71. The molecule has 1 N–H and O–H groups in total. The summed E-state index contributed by atoms with van der Waals surface area (Å²) in [6, 6.07) is 14.7. The van der Waals surface area contributed by atoms with Gasteiger partial charge in [-0.05, 0) is 49.4 Å². The van der Waals surface area contributed by atoms with Crippen LogP contribution in [0.1, 0.15) is 30.0 Å². The van der Waals surface area contributed by atoms with Crippen molar-refractivity contribution in [2.24, 2.45) is 5.92 Å². The summed E-state index contributed by atoms with van der Waals surface area (Å²) in [5.41, 5.74) is 3.60. The van der Waals surface area contributed by atoms with Gasteiger partial charge in [-0.25, -0.2) is 0 Å². The van der Waals surface area contributed by atoms with Crippen molar-refractivity contribution in [2.45, 2.75) is 25.8 Å². The Morgan fingerprint density at radius 1 is 1.00 bits per heavy atom.